The van der Waals surface area contributed by atoms with Crippen LogP contribution in [0.3, 0.4) is 0 Å². The van der Waals surface area contributed by atoms with Crippen LogP contribution in [-0.4, -0.2) is 19.3 Å². The molecule has 0 bridgehead atoms. The highest BCUT2D eigenvalue weighted by Crippen LogP contribution is 2.12. The van der Waals surface area contributed by atoms with Crippen LogP contribution in [0.15, 0.2) is 21.7 Å². The fraction of sp³-hybridized carbons (Fsp3) is 0.300. The second kappa shape index (κ2) is 3.48. The van der Waals surface area contributed by atoms with Gasteiger partial charge in [-0.15, -0.1) is 0 Å². The maximum absolute atomic E-state index is 11.4. The Morgan fingerprint density at radius 2 is 1.94 bits per heavy atom. The third kappa shape index (κ3) is 1.58. The van der Waals surface area contributed by atoms with Crippen molar-refractivity contribution in [2.24, 2.45) is 14.1 Å². The van der Waals surface area contributed by atoms with Crippen LogP contribution < -0.4 is 11.2 Å². The number of nitrogens with one attached hydrogen (secondary N) is 1. The van der Waals surface area contributed by atoms with Crippen molar-refractivity contribution in [2.75, 3.05) is 0 Å². The fourth-order valence-electron chi connectivity index (χ4n) is 1.39. The maximum atomic E-state index is 11.4. The molecule has 16 heavy (non-hydrogen) atoms. The highest BCUT2D eigenvalue weighted by Gasteiger charge is 2.07. The number of hydrogen-bond acceptors (Lipinski definition) is 3. The molecule has 0 saturated heterocycles. The van der Waals surface area contributed by atoms with Crippen LogP contribution in [-0.2, 0) is 14.1 Å². The second-order valence-electron chi connectivity index (χ2n) is 3.68. The number of aromatic nitrogens is 4. The molecule has 1 N–H and O–H groups in total. The summed E-state index contributed by atoms with van der Waals surface area (Å²) in [7, 11) is 3.23. The van der Waals surface area contributed by atoms with Crippen molar-refractivity contribution in [3.05, 3.63) is 38.7 Å². The van der Waals surface area contributed by atoms with Crippen LogP contribution in [0.1, 0.15) is 5.69 Å². The minimum absolute atomic E-state index is 0.345. The summed E-state index contributed by atoms with van der Waals surface area (Å²) >= 11 is 0. The van der Waals surface area contributed by atoms with Gasteiger partial charge in [0.1, 0.15) is 5.69 Å². The van der Waals surface area contributed by atoms with Crippen molar-refractivity contribution in [2.45, 2.75) is 6.92 Å². The lowest BCUT2D eigenvalue weighted by molar-refractivity contribution is 0.738. The minimum Gasteiger partial charge on any atom is -0.305 e. The number of nitrogens with zero attached hydrogens (tertiary/aromatic N) is 3. The van der Waals surface area contributed by atoms with Gasteiger partial charge in [-0.3, -0.25) is 14.0 Å². The average molecular weight is 220 g/mol. The smallest absolute Gasteiger partial charge is 0.305 e. The van der Waals surface area contributed by atoms with E-state index in [0.717, 1.165) is 10.3 Å². The Morgan fingerprint density at radius 3 is 2.44 bits per heavy atom. The Hall–Kier alpha value is -2.11. The van der Waals surface area contributed by atoms with Crippen molar-refractivity contribution < 1.29 is 0 Å². The number of aromatic amines is 1. The lowest BCUT2D eigenvalue weighted by atomic mass is 10.3. The zero-order valence-corrected chi connectivity index (χ0v) is 9.31. The summed E-state index contributed by atoms with van der Waals surface area (Å²) in [6.07, 6.45) is 0. The van der Waals surface area contributed by atoms with E-state index in [1.54, 1.807) is 11.7 Å². The van der Waals surface area contributed by atoms with Gasteiger partial charge in [0.25, 0.3) is 5.56 Å². The number of H-pyrrole nitrogens is 1. The number of hydrogen-bond donors (Lipinski definition) is 1. The maximum Gasteiger partial charge on any atom is 0.328 e. The molecule has 0 saturated carbocycles. The standard InChI is InChI=1S/C10H12N4O2/c1-6-4-8(12-14(6)3)7-5-9(15)13(2)10(16)11-7/h4-5H,1-3H3,(H,11,16). The van der Waals surface area contributed by atoms with Gasteiger partial charge in [0.2, 0.25) is 0 Å². The molecule has 0 aliphatic rings. The van der Waals surface area contributed by atoms with Gasteiger partial charge < -0.3 is 4.98 Å². The Balaban J connectivity index is 2.66. The molecule has 6 nitrogen and oxygen atoms in total. The van der Waals surface area contributed by atoms with Crippen molar-refractivity contribution in [1.29, 1.82) is 0 Å². The molecular formula is C10H12N4O2. The fourth-order valence-corrected chi connectivity index (χ4v) is 1.39. The predicted octanol–water partition coefficient (Wildman–Crippen LogP) is -0.217. The first-order valence-electron chi connectivity index (χ1n) is 4.80. The molecule has 0 spiro atoms. The molecule has 2 aromatic rings. The van der Waals surface area contributed by atoms with Gasteiger partial charge in [0.15, 0.2) is 0 Å². The van der Waals surface area contributed by atoms with Crippen LogP contribution in [0.5, 0.6) is 0 Å². The van der Waals surface area contributed by atoms with E-state index in [4.69, 9.17) is 0 Å². The molecule has 0 amide bonds. The lowest BCUT2D eigenvalue weighted by Crippen LogP contribution is -2.32. The molecule has 2 heterocycles. The van der Waals surface area contributed by atoms with Crippen molar-refractivity contribution >= 4 is 0 Å². The summed E-state index contributed by atoms with van der Waals surface area (Å²) in [6, 6.07) is 3.17. The van der Waals surface area contributed by atoms with Gasteiger partial charge in [-0.25, -0.2) is 4.79 Å². The first-order chi connectivity index (χ1) is 7.49. The topological polar surface area (TPSA) is 72.7 Å². The van der Waals surface area contributed by atoms with Gasteiger partial charge in [0.05, 0.1) is 5.69 Å². The third-order valence-corrected chi connectivity index (χ3v) is 2.53. The van der Waals surface area contributed by atoms with E-state index in [0.29, 0.717) is 11.4 Å². The number of aryl methyl sites for hydroxylation is 2. The Kier molecular flexibility index (Phi) is 2.26. The zero-order chi connectivity index (χ0) is 11.9. The normalized spacial score (nSPS) is 10.7. The first-order valence-corrected chi connectivity index (χ1v) is 4.80. The lowest BCUT2D eigenvalue weighted by Gasteiger charge is -1.98. The molecule has 0 aromatic carbocycles. The second-order valence-corrected chi connectivity index (χ2v) is 3.68. The molecule has 2 aromatic heterocycles. The molecule has 84 valence electrons. The molecular weight excluding hydrogens is 208 g/mol. The van der Waals surface area contributed by atoms with Crippen LogP contribution in [0.2, 0.25) is 0 Å². The molecule has 0 radical (unpaired) electrons. The van der Waals surface area contributed by atoms with Gasteiger partial charge in [-0.05, 0) is 13.0 Å². The van der Waals surface area contributed by atoms with E-state index < -0.39 is 5.69 Å². The van der Waals surface area contributed by atoms with Crippen molar-refractivity contribution in [3.8, 4) is 11.4 Å². The van der Waals surface area contributed by atoms with E-state index in [-0.39, 0.29) is 5.56 Å². The monoisotopic (exact) mass is 220 g/mol. The number of rotatable bonds is 1. The molecule has 0 fully saturated rings. The first kappa shape index (κ1) is 10.4. The summed E-state index contributed by atoms with van der Waals surface area (Å²) in [6.45, 7) is 1.90. The zero-order valence-electron chi connectivity index (χ0n) is 9.31. The molecule has 0 unspecified atom stereocenters. The molecule has 2 rings (SSSR count). The van der Waals surface area contributed by atoms with E-state index in [1.165, 1.54) is 13.1 Å². The van der Waals surface area contributed by atoms with Crippen LogP contribution in [0.4, 0.5) is 0 Å². The quantitative estimate of drug-likeness (QED) is 0.722. The third-order valence-electron chi connectivity index (χ3n) is 2.53. The highest BCUT2D eigenvalue weighted by molar-refractivity contribution is 5.53. The van der Waals surface area contributed by atoms with Crippen molar-refractivity contribution in [3.63, 3.8) is 0 Å². The Bertz CT molecular complexity index is 597. The Morgan fingerprint density at radius 1 is 1.25 bits per heavy atom. The van der Waals surface area contributed by atoms with E-state index in [1.807, 2.05) is 13.0 Å². The SMILES string of the molecule is Cc1cc(-c2cc(=O)n(C)c(=O)[nH]2)nn1C. The summed E-state index contributed by atoms with van der Waals surface area (Å²) in [5, 5.41) is 4.19. The average Bonchev–Trinajstić information content (AvgIpc) is 2.55. The highest BCUT2D eigenvalue weighted by atomic mass is 16.2. The minimum atomic E-state index is -0.439. The predicted molar refractivity (Wildman–Crippen MR) is 59.2 cm³/mol. The molecule has 0 aliphatic heterocycles. The largest absolute Gasteiger partial charge is 0.328 e. The summed E-state index contributed by atoms with van der Waals surface area (Å²) in [4.78, 5) is 25.4. The van der Waals surface area contributed by atoms with E-state index in [2.05, 4.69) is 10.1 Å². The molecule has 6 heteroatoms. The van der Waals surface area contributed by atoms with E-state index >= 15 is 0 Å². The summed E-state index contributed by atoms with van der Waals surface area (Å²) in [5.74, 6) is 0. The molecule has 0 aliphatic carbocycles. The van der Waals surface area contributed by atoms with Crippen molar-refractivity contribution in [1.82, 2.24) is 19.3 Å². The van der Waals surface area contributed by atoms with Gasteiger partial charge in [-0.2, -0.15) is 5.10 Å². The van der Waals surface area contributed by atoms with Crippen LogP contribution in [0, 0.1) is 6.92 Å². The summed E-state index contributed by atoms with van der Waals surface area (Å²) < 4.78 is 2.70. The van der Waals surface area contributed by atoms with Crippen LogP contribution >= 0.6 is 0 Å². The van der Waals surface area contributed by atoms with Gasteiger partial charge >= 0.3 is 5.69 Å². The van der Waals surface area contributed by atoms with Crippen LogP contribution in [0.25, 0.3) is 11.4 Å². The summed E-state index contributed by atoms with van der Waals surface area (Å²) in [5.41, 5.74) is 1.20. The van der Waals surface area contributed by atoms with Gasteiger partial charge in [-0.1, -0.05) is 0 Å². The van der Waals surface area contributed by atoms with E-state index in [9.17, 15) is 9.59 Å². The van der Waals surface area contributed by atoms with Gasteiger partial charge in [0, 0.05) is 25.9 Å². The molecule has 0 atom stereocenters. The Labute approximate surface area is 91.2 Å².